The fraction of sp³-hybridized carbons (Fsp3) is 0.484. The molecule has 2 aromatic carbocycles. The highest BCUT2D eigenvalue weighted by atomic mass is 16.5. The Labute approximate surface area is 231 Å². The van der Waals surface area contributed by atoms with Crippen molar-refractivity contribution >= 4 is 17.4 Å². The third-order valence-corrected chi connectivity index (χ3v) is 7.36. The van der Waals surface area contributed by atoms with Crippen molar-refractivity contribution < 1.29 is 28.9 Å². The summed E-state index contributed by atoms with van der Waals surface area (Å²) in [6.45, 7) is 13.9. The molecule has 0 spiro atoms. The van der Waals surface area contributed by atoms with Gasteiger partial charge in [0, 0.05) is 18.5 Å². The van der Waals surface area contributed by atoms with Gasteiger partial charge in [-0.25, -0.2) is 0 Å². The highest BCUT2D eigenvalue weighted by molar-refractivity contribution is 6.46. The minimum atomic E-state index is -0.750. The molecular weight excluding hydrogens is 496 g/mol. The molecule has 2 aliphatic rings. The molecule has 2 heterocycles. The summed E-state index contributed by atoms with van der Waals surface area (Å²) in [5, 5.41) is 11.5. The smallest absolute Gasteiger partial charge is 0.295 e. The molecule has 0 unspecified atom stereocenters. The minimum Gasteiger partial charge on any atom is -0.507 e. The van der Waals surface area contributed by atoms with E-state index in [9.17, 15) is 14.7 Å². The van der Waals surface area contributed by atoms with E-state index in [4.69, 9.17) is 14.2 Å². The van der Waals surface area contributed by atoms with Crippen LogP contribution in [-0.4, -0.2) is 72.1 Å². The highest BCUT2D eigenvalue weighted by Crippen LogP contribution is 2.43. The van der Waals surface area contributed by atoms with Crippen LogP contribution in [0.1, 0.15) is 63.8 Å². The van der Waals surface area contributed by atoms with Crippen molar-refractivity contribution in [3.8, 4) is 17.2 Å². The zero-order valence-electron chi connectivity index (χ0n) is 23.7. The largest absolute Gasteiger partial charge is 0.507 e. The van der Waals surface area contributed by atoms with E-state index >= 15 is 0 Å². The first-order valence-electron chi connectivity index (χ1n) is 14.0. The molecule has 1 saturated heterocycles. The van der Waals surface area contributed by atoms with Crippen LogP contribution in [0.4, 0.5) is 0 Å². The van der Waals surface area contributed by atoms with E-state index in [2.05, 4.69) is 18.7 Å². The predicted octanol–water partition coefficient (Wildman–Crippen LogP) is 4.96. The number of likely N-dealkylation sites (tertiary alicyclic amines) is 1. The summed E-state index contributed by atoms with van der Waals surface area (Å²) in [6, 6.07) is 10.1. The van der Waals surface area contributed by atoms with E-state index in [0.29, 0.717) is 48.8 Å². The number of carbonyl (C=O) groups excluding carboxylic acids is 2. The van der Waals surface area contributed by atoms with Crippen LogP contribution in [-0.2, 0) is 16.0 Å². The molecule has 0 radical (unpaired) electrons. The van der Waals surface area contributed by atoms with Gasteiger partial charge in [-0.1, -0.05) is 19.9 Å². The lowest BCUT2D eigenvalue weighted by molar-refractivity contribution is -0.140. The normalized spacial score (nSPS) is 19.9. The summed E-state index contributed by atoms with van der Waals surface area (Å²) in [6.07, 6.45) is 1.47. The Bertz CT molecular complexity index is 1240. The molecule has 2 aromatic rings. The van der Waals surface area contributed by atoms with Crippen LogP contribution in [0.25, 0.3) is 5.76 Å². The Morgan fingerprint density at radius 1 is 1.03 bits per heavy atom. The van der Waals surface area contributed by atoms with Gasteiger partial charge in [0.25, 0.3) is 11.7 Å². The quantitative estimate of drug-likeness (QED) is 0.233. The number of amides is 1. The molecule has 4 rings (SSSR count). The molecule has 1 amide bonds. The first-order valence-corrected chi connectivity index (χ1v) is 14.0. The number of rotatable bonds is 12. The number of carbonyl (C=O) groups is 2. The summed E-state index contributed by atoms with van der Waals surface area (Å²) in [4.78, 5) is 30.8. The van der Waals surface area contributed by atoms with Crippen LogP contribution in [0.15, 0.2) is 42.0 Å². The van der Waals surface area contributed by atoms with Crippen molar-refractivity contribution in [3.63, 3.8) is 0 Å². The zero-order chi connectivity index (χ0) is 28.1. The van der Waals surface area contributed by atoms with Crippen molar-refractivity contribution in [2.24, 2.45) is 0 Å². The van der Waals surface area contributed by atoms with Gasteiger partial charge in [0.05, 0.1) is 24.8 Å². The Kier molecular flexibility index (Phi) is 9.17. The lowest BCUT2D eigenvalue weighted by atomic mass is 9.94. The van der Waals surface area contributed by atoms with E-state index in [-0.39, 0.29) is 17.4 Å². The van der Waals surface area contributed by atoms with Gasteiger partial charge in [0.2, 0.25) is 0 Å². The van der Waals surface area contributed by atoms with Gasteiger partial charge < -0.3 is 29.1 Å². The maximum Gasteiger partial charge on any atom is 0.295 e. The molecule has 210 valence electrons. The fourth-order valence-electron chi connectivity index (χ4n) is 5.42. The third-order valence-electron chi connectivity index (χ3n) is 7.36. The van der Waals surface area contributed by atoms with Crippen LogP contribution in [0, 0.1) is 0 Å². The number of aliphatic hydroxyl groups is 1. The average Bonchev–Trinajstić information content (AvgIpc) is 3.42. The summed E-state index contributed by atoms with van der Waals surface area (Å²) >= 11 is 0. The molecule has 1 N–H and O–H groups in total. The molecule has 39 heavy (non-hydrogen) atoms. The van der Waals surface area contributed by atoms with E-state index in [1.807, 2.05) is 45.0 Å². The van der Waals surface area contributed by atoms with E-state index in [1.165, 1.54) is 0 Å². The zero-order valence-corrected chi connectivity index (χ0v) is 23.7. The summed E-state index contributed by atoms with van der Waals surface area (Å²) < 4.78 is 17.4. The van der Waals surface area contributed by atoms with Gasteiger partial charge in [-0.05, 0) is 88.3 Å². The summed E-state index contributed by atoms with van der Waals surface area (Å²) in [5.41, 5.74) is 2.23. The van der Waals surface area contributed by atoms with Crippen molar-refractivity contribution in [1.29, 1.82) is 0 Å². The molecule has 1 fully saturated rings. The number of fused-ring (bicyclic) bond motifs is 1. The van der Waals surface area contributed by atoms with Gasteiger partial charge in [0.15, 0.2) is 11.5 Å². The molecular formula is C31H40N2O6. The summed E-state index contributed by atoms with van der Waals surface area (Å²) in [7, 11) is 0. The van der Waals surface area contributed by atoms with E-state index in [0.717, 1.165) is 37.4 Å². The van der Waals surface area contributed by atoms with Crippen molar-refractivity contribution in [2.75, 3.05) is 39.4 Å². The second-order valence-electron chi connectivity index (χ2n) is 9.90. The molecule has 2 atom stereocenters. The number of Topliss-reactive ketones (excluding diaryl/α,β-unsaturated/α-hetero) is 1. The van der Waals surface area contributed by atoms with Crippen LogP contribution < -0.4 is 14.2 Å². The topological polar surface area (TPSA) is 88.5 Å². The van der Waals surface area contributed by atoms with Crippen LogP contribution in [0.5, 0.6) is 17.2 Å². The van der Waals surface area contributed by atoms with Crippen LogP contribution in [0.3, 0.4) is 0 Å². The van der Waals surface area contributed by atoms with E-state index < -0.39 is 17.7 Å². The fourth-order valence-corrected chi connectivity index (χ4v) is 5.42. The number of hydrogen-bond donors (Lipinski definition) is 1. The van der Waals surface area contributed by atoms with Gasteiger partial charge in [-0.2, -0.15) is 0 Å². The van der Waals surface area contributed by atoms with Gasteiger partial charge in [-0.3, -0.25) is 9.59 Å². The number of aliphatic hydroxyl groups excluding tert-OH is 1. The first-order chi connectivity index (χ1) is 18.8. The maximum absolute atomic E-state index is 13.5. The lowest BCUT2D eigenvalue weighted by Crippen LogP contribution is -2.33. The summed E-state index contributed by atoms with van der Waals surface area (Å²) in [5.74, 6) is 0.436. The second kappa shape index (κ2) is 12.6. The highest BCUT2D eigenvalue weighted by Gasteiger charge is 2.46. The van der Waals surface area contributed by atoms with Gasteiger partial charge in [-0.15, -0.1) is 0 Å². The van der Waals surface area contributed by atoms with E-state index in [1.54, 1.807) is 17.0 Å². The lowest BCUT2D eigenvalue weighted by Gasteiger charge is -2.27. The predicted molar refractivity (Wildman–Crippen MR) is 150 cm³/mol. The monoisotopic (exact) mass is 536 g/mol. The number of hydrogen-bond acceptors (Lipinski definition) is 7. The Morgan fingerprint density at radius 3 is 2.44 bits per heavy atom. The van der Waals surface area contributed by atoms with Crippen LogP contribution >= 0.6 is 0 Å². The minimum absolute atomic E-state index is 0.0506. The second-order valence-corrected chi connectivity index (χ2v) is 9.90. The number of nitrogens with zero attached hydrogens (tertiary/aromatic N) is 2. The molecule has 8 nitrogen and oxygen atoms in total. The molecule has 2 aliphatic heterocycles. The Hall–Kier alpha value is -3.52. The van der Waals surface area contributed by atoms with Crippen molar-refractivity contribution in [2.45, 2.75) is 59.6 Å². The first kappa shape index (κ1) is 28.5. The Balaban J connectivity index is 1.78. The number of ketones is 1. The maximum atomic E-state index is 13.5. The number of benzene rings is 2. The molecule has 0 saturated carbocycles. The molecule has 0 aliphatic carbocycles. The van der Waals surface area contributed by atoms with Crippen molar-refractivity contribution in [1.82, 2.24) is 9.80 Å². The van der Waals surface area contributed by atoms with Gasteiger partial charge in [0.1, 0.15) is 17.6 Å². The average molecular weight is 537 g/mol. The third kappa shape index (κ3) is 5.91. The Morgan fingerprint density at radius 2 is 1.74 bits per heavy atom. The number of ether oxygens (including phenoxy) is 3. The van der Waals surface area contributed by atoms with Crippen molar-refractivity contribution in [3.05, 3.63) is 58.7 Å². The van der Waals surface area contributed by atoms with Gasteiger partial charge >= 0.3 is 0 Å². The molecule has 0 bridgehead atoms. The molecule has 0 aromatic heterocycles. The standard InChI is InChI=1S/C31H40N2O6/c1-6-32(7-2)15-10-16-33-28(21-11-14-25(37-8-3)26(19-21)38-9-4)27(30(35)31(33)36)29(34)22-12-13-24-23(18-22)17-20(5)39-24/h11-14,18-20,28,34H,6-10,15-17H2,1-5H3/t20-,28-/m1/s1. The van der Waals surface area contributed by atoms with Crippen LogP contribution in [0.2, 0.25) is 0 Å². The SMILES string of the molecule is CCOc1ccc([C@@H]2C(=C(O)c3ccc4c(c3)C[C@@H](C)O4)C(=O)C(=O)N2CCCN(CC)CC)cc1OCC. The molecule has 8 heteroatoms.